The van der Waals surface area contributed by atoms with Crippen molar-refractivity contribution in [1.29, 1.82) is 0 Å². The van der Waals surface area contributed by atoms with Gasteiger partial charge in [0, 0.05) is 39.6 Å². The number of ether oxygens (including phenoxy) is 1. The molecule has 2 heterocycles. The van der Waals surface area contributed by atoms with E-state index in [0.717, 1.165) is 56.6 Å². The number of hydrogen-bond acceptors (Lipinski definition) is 5. The molecule has 138 valence electrons. The van der Waals surface area contributed by atoms with E-state index in [1.54, 1.807) is 13.1 Å². The van der Waals surface area contributed by atoms with Crippen molar-refractivity contribution >= 4 is 16.9 Å². The van der Waals surface area contributed by atoms with Crippen LogP contribution in [0.3, 0.4) is 0 Å². The van der Waals surface area contributed by atoms with Crippen LogP contribution in [0, 0.1) is 0 Å². The number of fused-ring (bicyclic) bond motifs is 1. The van der Waals surface area contributed by atoms with Gasteiger partial charge in [0.25, 0.3) is 0 Å². The fraction of sp³-hybridized carbons (Fsp3) is 0.450. The average Bonchev–Trinajstić information content (AvgIpc) is 2.66. The lowest BCUT2D eigenvalue weighted by molar-refractivity contribution is -0.130. The number of piperazine rings is 1. The van der Waals surface area contributed by atoms with Crippen LogP contribution in [0.4, 0.5) is 0 Å². The zero-order chi connectivity index (χ0) is 18.4. The van der Waals surface area contributed by atoms with Gasteiger partial charge in [0.1, 0.15) is 6.10 Å². The summed E-state index contributed by atoms with van der Waals surface area (Å²) in [6.07, 6.45) is 5.39. The Bertz CT molecular complexity index is 756. The van der Waals surface area contributed by atoms with Gasteiger partial charge in [0.15, 0.2) is 0 Å². The maximum Gasteiger partial charge on any atom is 0.233 e. The average molecular weight is 354 g/mol. The molecule has 6 nitrogen and oxygen atoms in total. The summed E-state index contributed by atoms with van der Waals surface area (Å²) < 4.78 is 6.16. The van der Waals surface area contributed by atoms with Gasteiger partial charge in [-0.15, -0.1) is 6.58 Å². The molecule has 1 aliphatic rings. The predicted octanol–water partition coefficient (Wildman–Crippen LogP) is 2.51. The third-order valence-electron chi connectivity index (χ3n) is 4.69. The van der Waals surface area contributed by atoms with Gasteiger partial charge in [-0.25, -0.2) is 9.97 Å². The Morgan fingerprint density at radius 3 is 2.69 bits per heavy atom. The van der Waals surface area contributed by atoms with Crippen molar-refractivity contribution in [2.24, 2.45) is 0 Å². The summed E-state index contributed by atoms with van der Waals surface area (Å²) in [6, 6.07) is 7.78. The van der Waals surface area contributed by atoms with Gasteiger partial charge in [0.05, 0.1) is 17.2 Å². The summed E-state index contributed by atoms with van der Waals surface area (Å²) in [4.78, 5) is 24.7. The molecule has 1 fully saturated rings. The van der Waals surface area contributed by atoms with Gasteiger partial charge in [-0.1, -0.05) is 18.2 Å². The number of carbonyl (C=O) groups excluding carboxylic acids is 1. The van der Waals surface area contributed by atoms with E-state index < -0.39 is 0 Å². The Hall–Kier alpha value is -2.47. The van der Waals surface area contributed by atoms with Gasteiger partial charge < -0.3 is 9.64 Å². The molecule has 6 heteroatoms. The van der Waals surface area contributed by atoms with Gasteiger partial charge in [0.2, 0.25) is 11.8 Å². The SMILES string of the molecule is C=CCC[C@H](CN1CCN(C(C)=O)CC1)Oc1cnc2ccccc2n1. The normalized spacial score (nSPS) is 16.4. The summed E-state index contributed by atoms with van der Waals surface area (Å²) >= 11 is 0. The summed E-state index contributed by atoms with van der Waals surface area (Å²) in [7, 11) is 0. The minimum Gasteiger partial charge on any atom is -0.472 e. The zero-order valence-electron chi connectivity index (χ0n) is 15.3. The third kappa shape index (κ3) is 4.79. The number of carbonyl (C=O) groups is 1. The first-order valence-corrected chi connectivity index (χ1v) is 9.13. The van der Waals surface area contributed by atoms with Crippen molar-refractivity contribution in [1.82, 2.24) is 19.8 Å². The number of para-hydroxylation sites is 2. The third-order valence-corrected chi connectivity index (χ3v) is 4.69. The fourth-order valence-electron chi connectivity index (χ4n) is 3.19. The summed E-state index contributed by atoms with van der Waals surface area (Å²) in [5.41, 5.74) is 1.70. The largest absolute Gasteiger partial charge is 0.472 e. The Balaban J connectivity index is 1.63. The fourth-order valence-corrected chi connectivity index (χ4v) is 3.19. The van der Waals surface area contributed by atoms with Crippen molar-refractivity contribution in [3.8, 4) is 5.88 Å². The number of nitrogens with zero attached hydrogens (tertiary/aromatic N) is 4. The second-order valence-electron chi connectivity index (χ2n) is 6.61. The molecular weight excluding hydrogens is 328 g/mol. The first kappa shape index (κ1) is 18.3. The van der Waals surface area contributed by atoms with Gasteiger partial charge in [-0.05, 0) is 25.0 Å². The molecule has 0 aliphatic carbocycles. The van der Waals surface area contributed by atoms with Crippen LogP contribution in [0.1, 0.15) is 19.8 Å². The lowest BCUT2D eigenvalue weighted by Gasteiger charge is -2.35. The second kappa shape index (κ2) is 8.76. The van der Waals surface area contributed by atoms with E-state index in [1.807, 2.05) is 35.2 Å². The molecule has 1 aromatic heterocycles. The highest BCUT2D eigenvalue weighted by Crippen LogP contribution is 2.17. The maximum absolute atomic E-state index is 11.5. The first-order valence-electron chi connectivity index (χ1n) is 9.13. The summed E-state index contributed by atoms with van der Waals surface area (Å²) in [5.74, 6) is 0.704. The van der Waals surface area contributed by atoms with E-state index in [9.17, 15) is 4.79 Å². The summed E-state index contributed by atoms with van der Waals surface area (Å²) in [6.45, 7) is 9.56. The lowest BCUT2D eigenvalue weighted by atomic mass is 10.1. The molecule has 0 unspecified atom stereocenters. The van der Waals surface area contributed by atoms with Crippen LogP contribution in [-0.4, -0.2) is 64.5 Å². The van der Waals surface area contributed by atoms with E-state index in [0.29, 0.717) is 5.88 Å². The molecule has 0 radical (unpaired) electrons. The van der Waals surface area contributed by atoms with Crippen LogP contribution in [0.2, 0.25) is 0 Å². The number of benzene rings is 1. The zero-order valence-corrected chi connectivity index (χ0v) is 15.3. The van der Waals surface area contributed by atoms with Crippen molar-refractivity contribution < 1.29 is 9.53 Å². The molecule has 2 aromatic rings. The van der Waals surface area contributed by atoms with E-state index in [2.05, 4.69) is 21.4 Å². The number of aromatic nitrogens is 2. The Morgan fingerprint density at radius 1 is 1.27 bits per heavy atom. The van der Waals surface area contributed by atoms with Crippen molar-refractivity contribution in [3.63, 3.8) is 0 Å². The highest BCUT2D eigenvalue weighted by atomic mass is 16.5. The number of allylic oxidation sites excluding steroid dienone is 1. The topological polar surface area (TPSA) is 58.6 Å². The van der Waals surface area contributed by atoms with Crippen LogP contribution in [0.25, 0.3) is 11.0 Å². The van der Waals surface area contributed by atoms with Crippen molar-refractivity contribution in [2.75, 3.05) is 32.7 Å². The van der Waals surface area contributed by atoms with Crippen LogP contribution in [0.15, 0.2) is 43.1 Å². The minimum atomic E-state index is 0.0207. The lowest BCUT2D eigenvalue weighted by Crippen LogP contribution is -2.50. The highest BCUT2D eigenvalue weighted by molar-refractivity contribution is 5.74. The molecular formula is C20H26N4O2. The Morgan fingerprint density at radius 2 is 2.00 bits per heavy atom. The monoisotopic (exact) mass is 354 g/mol. The Kier molecular flexibility index (Phi) is 6.17. The van der Waals surface area contributed by atoms with Crippen LogP contribution >= 0.6 is 0 Å². The van der Waals surface area contributed by atoms with Gasteiger partial charge in [-0.3, -0.25) is 9.69 Å². The van der Waals surface area contributed by atoms with E-state index >= 15 is 0 Å². The van der Waals surface area contributed by atoms with Crippen molar-refractivity contribution in [3.05, 3.63) is 43.1 Å². The second-order valence-corrected chi connectivity index (χ2v) is 6.61. The molecule has 1 aliphatic heterocycles. The van der Waals surface area contributed by atoms with Gasteiger partial charge >= 0.3 is 0 Å². The molecule has 26 heavy (non-hydrogen) atoms. The molecule has 0 saturated carbocycles. The maximum atomic E-state index is 11.5. The highest BCUT2D eigenvalue weighted by Gasteiger charge is 2.22. The quantitative estimate of drug-likeness (QED) is 0.715. The molecule has 0 bridgehead atoms. The number of hydrogen-bond donors (Lipinski definition) is 0. The van der Waals surface area contributed by atoms with E-state index in [1.165, 1.54) is 0 Å². The minimum absolute atomic E-state index is 0.0207. The molecule has 0 N–H and O–H groups in total. The summed E-state index contributed by atoms with van der Waals surface area (Å²) in [5, 5.41) is 0. The van der Waals surface area contributed by atoms with Crippen molar-refractivity contribution in [2.45, 2.75) is 25.9 Å². The van der Waals surface area contributed by atoms with E-state index in [-0.39, 0.29) is 12.0 Å². The molecule has 1 atom stereocenters. The number of amides is 1. The van der Waals surface area contributed by atoms with Crippen LogP contribution in [-0.2, 0) is 4.79 Å². The van der Waals surface area contributed by atoms with E-state index in [4.69, 9.17) is 4.74 Å². The smallest absolute Gasteiger partial charge is 0.233 e. The molecule has 1 aromatic carbocycles. The Labute approximate surface area is 154 Å². The van der Waals surface area contributed by atoms with Gasteiger partial charge in [-0.2, -0.15) is 0 Å². The molecule has 0 spiro atoms. The van der Waals surface area contributed by atoms with Crippen LogP contribution in [0.5, 0.6) is 5.88 Å². The molecule has 3 rings (SSSR count). The first-order chi connectivity index (χ1) is 12.7. The number of rotatable bonds is 7. The van der Waals surface area contributed by atoms with Crippen LogP contribution < -0.4 is 4.74 Å². The molecule has 1 amide bonds. The molecule has 1 saturated heterocycles. The standard InChI is InChI=1S/C20H26N4O2/c1-3-4-7-17(15-23-10-12-24(13-11-23)16(2)25)26-20-14-21-18-8-5-6-9-19(18)22-20/h3,5-6,8-9,14,17H,1,4,7,10-13,15H2,2H3/t17-/m1/s1. The predicted molar refractivity (Wildman–Crippen MR) is 102 cm³/mol.